The number of ketones is 2. The average Bonchev–Trinajstić information content (AvgIpc) is 3.18. The number of amides is 2. The average molecular weight is 656 g/mol. The third-order valence-corrected chi connectivity index (χ3v) is 9.33. The van der Waals surface area contributed by atoms with Gasteiger partial charge in [-0.25, -0.2) is 0 Å². The predicted octanol–water partition coefficient (Wildman–Crippen LogP) is 5.29. The molecule has 2 aromatic rings. The van der Waals surface area contributed by atoms with Crippen molar-refractivity contribution in [2.75, 3.05) is 12.0 Å². The molecule has 0 radical (unpaired) electrons. The Morgan fingerprint density at radius 3 is 2.46 bits per heavy atom. The van der Waals surface area contributed by atoms with E-state index in [0.29, 0.717) is 43.0 Å². The van der Waals surface area contributed by atoms with E-state index >= 15 is 0 Å². The highest BCUT2D eigenvalue weighted by atomic mass is 127. The summed E-state index contributed by atoms with van der Waals surface area (Å²) in [6, 6.07) is 10.0. The summed E-state index contributed by atoms with van der Waals surface area (Å²) in [5.41, 5.74) is 3.11. The van der Waals surface area contributed by atoms with E-state index < -0.39 is 23.7 Å². The number of benzene rings is 2. The molecule has 6 rings (SSSR count). The van der Waals surface area contributed by atoms with Gasteiger partial charge in [0.05, 0.1) is 28.2 Å². The van der Waals surface area contributed by atoms with Crippen LogP contribution in [0.5, 0.6) is 11.5 Å². The molecule has 1 aliphatic heterocycles. The molecule has 2 aromatic carbocycles. The van der Waals surface area contributed by atoms with E-state index in [0.717, 1.165) is 5.57 Å². The van der Waals surface area contributed by atoms with E-state index in [2.05, 4.69) is 0 Å². The molecule has 0 bridgehead atoms. The lowest BCUT2D eigenvalue weighted by atomic mass is 9.59. The molecule has 4 aliphatic rings. The van der Waals surface area contributed by atoms with Crippen LogP contribution in [0.3, 0.4) is 0 Å². The van der Waals surface area contributed by atoms with Crippen molar-refractivity contribution in [1.82, 2.24) is 0 Å². The first-order valence-electron chi connectivity index (χ1n) is 12.5. The van der Waals surface area contributed by atoms with Crippen LogP contribution in [0.25, 0.3) is 0 Å². The molecule has 4 unspecified atom stereocenters. The first-order chi connectivity index (χ1) is 18.6. The quantitative estimate of drug-likeness (QED) is 0.209. The number of carbonyl (C=O) groups is 4. The van der Waals surface area contributed by atoms with Crippen LogP contribution >= 0.6 is 34.2 Å². The van der Waals surface area contributed by atoms with Gasteiger partial charge < -0.3 is 9.84 Å². The summed E-state index contributed by atoms with van der Waals surface area (Å²) in [5, 5.41) is 11.0. The number of fused-ring (bicyclic) bond motifs is 3. The largest absolute Gasteiger partial charge is 0.504 e. The molecule has 1 N–H and O–H groups in total. The van der Waals surface area contributed by atoms with Crippen LogP contribution < -0.4 is 9.64 Å². The van der Waals surface area contributed by atoms with Gasteiger partial charge in [0.15, 0.2) is 23.1 Å². The summed E-state index contributed by atoms with van der Waals surface area (Å²) in [4.78, 5) is 55.5. The van der Waals surface area contributed by atoms with Crippen LogP contribution in [0.15, 0.2) is 70.8 Å². The number of imide groups is 1. The normalized spacial score (nSPS) is 26.2. The molecule has 39 heavy (non-hydrogen) atoms. The number of anilines is 1. The second-order valence-corrected chi connectivity index (χ2v) is 11.9. The standard InChI is InChI=1S/C30H23ClINO6/c1-13-9-22(34)26-20(27(13)35)12-19-17(24(26)14-10-21(32)28(36)23(11-14)39-2)7-8-18-25(19)30(38)33(29(18)37)16-5-3-15(31)4-6-16/h3-7,9-11,18-19,24-25,36H,8,12H2,1-2H3. The maximum absolute atomic E-state index is 13.9. The van der Waals surface area contributed by atoms with Crippen LogP contribution in [0, 0.1) is 21.3 Å². The number of phenols is 1. The van der Waals surface area contributed by atoms with Crippen LogP contribution in [0.4, 0.5) is 5.69 Å². The van der Waals surface area contributed by atoms with Crippen LogP contribution in [-0.2, 0) is 19.2 Å². The van der Waals surface area contributed by atoms with Crippen LogP contribution in [0.2, 0.25) is 5.02 Å². The number of nitrogens with zero attached hydrogens (tertiary/aromatic N) is 1. The smallest absolute Gasteiger partial charge is 0.238 e. The van der Waals surface area contributed by atoms with E-state index in [-0.39, 0.29) is 41.3 Å². The Morgan fingerprint density at radius 2 is 1.77 bits per heavy atom. The van der Waals surface area contributed by atoms with Gasteiger partial charge in [-0.15, -0.1) is 0 Å². The Labute approximate surface area is 243 Å². The number of hydrogen-bond donors (Lipinski definition) is 1. The van der Waals surface area contributed by atoms with Gasteiger partial charge in [0.25, 0.3) is 0 Å². The maximum Gasteiger partial charge on any atom is 0.238 e. The molecule has 7 nitrogen and oxygen atoms in total. The number of phenolic OH excluding ortho intramolecular Hbond substituents is 1. The highest BCUT2D eigenvalue weighted by molar-refractivity contribution is 14.1. The van der Waals surface area contributed by atoms with Gasteiger partial charge in [0.1, 0.15) is 0 Å². The zero-order valence-electron chi connectivity index (χ0n) is 21.0. The van der Waals surface area contributed by atoms with E-state index in [1.807, 2.05) is 28.7 Å². The Balaban J connectivity index is 1.51. The fraction of sp³-hybridized carbons (Fsp3) is 0.267. The number of rotatable bonds is 3. The summed E-state index contributed by atoms with van der Waals surface area (Å²) in [7, 11) is 1.45. The fourth-order valence-corrected chi connectivity index (χ4v) is 7.27. The zero-order chi connectivity index (χ0) is 27.7. The summed E-state index contributed by atoms with van der Waals surface area (Å²) in [6.45, 7) is 1.62. The molecule has 0 spiro atoms. The number of allylic oxidation sites excluding steroid dienone is 6. The molecule has 4 atom stereocenters. The Hall–Kier alpha value is -3.24. The van der Waals surface area contributed by atoms with Crippen molar-refractivity contribution in [2.24, 2.45) is 17.8 Å². The van der Waals surface area contributed by atoms with Crippen molar-refractivity contribution in [3.63, 3.8) is 0 Å². The fourth-order valence-electron chi connectivity index (χ4n) is 6.52. The van der Waals surface area contributed by atoms with E-state index in [1.54, 1.807) is 43.3 Å². The lowest BCUT2D eigenvalue weighted by Gasteiger charge is -2.42. The number of ether oxygens (including phenoxy) is 1. The van der Waals surface area contributed by atoms with Crippen molar-refractivity contribution < 1.29 is 29.0 Å². The zero-order valence-corrected chi connectivity index (χ0v) is 23.9. The molecular formula is C30H23ClINO6. The third kappa shape index (κ3) is 3.90. The minimum atomic E-state index is -0.670. The molecule has 0 aromatic heterocycles. The van der Waals surface area contributed by atoms with Crippen molar-refractivity contribution in [3.05, 3.63) is 85.0 Å². The van der Waals surface area contributed by atoms with E-state index in [1.165, 1.54) is 18.1 Å². The van der Waals surface area contributed by atoms with E-state index in [4.69, 9.17) is 16.3 Å². The minimum absolute atomic E-state index is 0.0157. The predicted molar refractivity (Wildman–Crippen MR) is 153 cm³/mol. The highest BCUT2D eigenvalue weighted by Gasteiger charge is 2.56. The Kier molecular flexibility index (Phi) is 6.30. The van der Waals surface area contributed by atoms with Gasteiger partial charge in [-0.2, -0.15) is 0 Å². The minimum Gasteiger partial charge on any atom is -0.504 e. The van der Waals surface area contributed by atoms with Crippen LogP contribution in [0.1, 0.15) is 31.2 Å². The lowest BCUT2D eigenvalue weighted by Crippen LogP contribution is -2.39. The molecule has 0 saturated carbocycles. The monoisotopic (exact) mass is 655 g/mol. The van der Waals surface area contributed by atoms with Crippen molar-refractivity contribution in [2.45, 2.75) is 25.7 Å². The number of methoxy groups -OCH3 is 1. The molecular weight excluding hydrogens is 633 g/mol. The Morgan fingerprint density at radius 1 is 1.05 bits per heavy atom. The summed E-state index contributed by atoms with van der Waals surface area (Å²) in [6.07, 6.45) is 3.88. The van der Waals surface area contributed by atoms with Crippen molar-refractivity contribution >= 4 is 63.3 Å². The topological polar surface area (TPSA) is 101 Å². The van der Waals surface area contributed by atoms with Crippen molar-refractivity contribution in [3.8, 4) is 11.5 Å². The summed E-state index contributed by atoms with van der Waals surface area (Å²) >= 11 is 8.03. The first-order valence-corrected chi connectivity index (χ1v) is 14.0. The van der Waals surface area contributed by atoms with Gasteiger partial charge in [-0.3, -0.25) is 24.1 Å². The molecule has 1 saturated heterocycles. The third-order valence-electron chi connectivity index (χ3n) is 8.25. The first kappa shape index (κ1) is 26.0. The van der Waals surface area contributed by atoms with Gasteiger partial charge >= 0.3 is 0 Å². The lowest BCUT2D eigenvalue weighted by molar-refractivity contribution is -0.123. The number of hydrogen-bond acceptors (Lipinski definition) is 6. The molecule has 3 aliphatic carbocycles. The van der Waals surface area contributed by atoms with Crippen LogP contribution in [-0.4, -0.2) is 35.6 Å². The molecule has 198 valence electrons. The molecule has 1 heterocycles. The Bertz CT molecular complexity index is 1590. The second-order valence-electron chi connectivity index (χ2n) is 10.3. The molecule has 2 amide bonds. The van der Waals surface area contributed by atoms with Crippen molar-refractivity contribution in [1.29, 1.82) is 0 Å². The summed E-state index contributed by atoms with van der Waals surface area (Å²) in [5.74, 6) is -3.11. The molecule has 1 fully saturated rings. The number of carbonyl (C=O) groups excluding carboxylic acids is 4. The summed E-state index contributed by atoms with van der Waals surface area (Å²) < 4.78 is 5.93. The highest BCUT2D eigenvalue weighted by Crippen LogP contribution is 2.56. The maximum atomic E-state index is 13.9. The number of Topliss-reactive ketones (excluding diaryl/α,β-unsaturated/α-hetero) is 1. The van der Waals surface area contributed by atoms with Gasteiger partial charge in [0.2, 0.25) is 11.8 Å². The number of aromatic hydroxyl groups is 1. The SMILES string of the molecule is COc1cc(C2C3=CCC4C(=O)N(c5ccc(Cl)cc5)C(=O)C4C3CC3=C2C(=O)C=C(C)C3=O)cc(I)c1O. The number of halogens is 2. The molecule has 9 heteroatoms. The van der Waals surface area contributed by atoms with Gasteiger partial charge in [0, 0.05) is 27.7 Å². The second kappa shape index (κ2) is 9.45. The van der Waals surface area contributed by atoms with Gasteiger partial charge in [-0.1, -0.05) is 23.3 Å². The van der Waals surface area contributed by atoms with E-state index in [9.17, 15) is 24.3 Å². The van der Waals surface area contributed by atoms with Gasteiger partial charge in [-0.05, 0) is 96.3 Å².